The fourth-order valence-corrected chi connectivity index (χ4v) is 3.30. The summed E-state index contributed by atoms with van der Waals surface area (Å²) in [6, 6.07) is 0. The predicted molar refractivity (Wildman–Crippen MR) is 77.9 cm³/mol. The number of thioether (sulfide) groups is 1. The molecule has 18 heavy (non-hydrogen) atoms. The van der Waals surface area contributed by atoms with Crippen LogP contribution in [0, 0.1) is 5.92 Å². The Balaban J connectivity index is 1.47. The van der Waals surface area contributed by atoms with Crippen molar-refractivity contribution in [1.29, 1.82) is 0 Å². The minimum atomic E-state index is 0.198. The standard InChI is InChI=1S/C14H24N2OS/c17-14(11-18-10-13-8-15-9-13)16-7-6-12-4-2-1-3-5-12/h4,13,15H,1-3,5-11H2,(H,16,17). The van der Waals surface area contributed by atoms with Crippen molar-refractivity contribution in [3.63, 3.8) is 0 Å². The lowest BCUT2D eigenvalue weighted by Crippen LogP contribution is -2.43. The van der Waals surface area contributed by atoms with Crippen molar-refractivity contribution in [3.8, 4) is 0 Å². The molecule has 2 aliphatic rings. The van der Waals surface area contributed by atoms with Gasteiger partial charge in [0.05, 0.1) is 5.75 Å². The van der Waals surface area contributed by atoms with Crippen LogP contribution in [-0.4, -0.2) is 37.0 Å². The number of rotatable bonds is 7. The highest BCUT2D eigenvalue weighted by atomic mass is 32.2. The zero-order valence-corrected chi connectivity index (χ0v) is 11.9. The Morgan fingerprint density at radius 2 is 2.33 bits per heavy atom. The van der Waals surface area contributed by atoms with Crippen LogP contribution in [0.2, 0.25) is 0 Å². The van der Waals surface area contributed by atoms with E-state index in [1.165, 1.54) is 31.3 Å². The molecular weight excluding hydrogens is 244 g/mol. The van der Waals surface area contributed by atoms with E-state index in [0.717, 1.165) is 37.7 Å². The van der Waals surface area contributed by atoms with Gasteiger partial charge in [0.25, 0.3) is 0 Å². The molecule has 0 saturated carbocycles. The smallest absolute Gasteiger partial charge is 0.230 e. The molecule has 0 unspecified atom stereocenters. The van der Waals surface area contributed by atoms with E-state index in [0.29, 0.717) is 5.75 Å². The highest BCUT2D eigenvalue weighted by Gasteiger charge is 2.16. The molecule has 1 aliphatic heterocycles. The lowest BCUT2D eigenvalue weighted by atomic mass is 9.97. The van der Waals surface area contributed by atoms with Crippen LogP contribution in [0.15, 0.2) is 11.6 Å². The number of carbonyl (C=O) groups is 1. The second-order valence-electron chi connectivity index (χ2n) is 5.25. The quantitative estimate of drug-likeness (QED) is 0.693. The molecule has 1 saturated heterocycles. The summed E-state index contributed by atoms with van der Waals surface area (Å²) in [6.45, 7) is 3.07. The molecule has 4 heteroatoms. The maximum atomic E-state index is 11.6. The number of allylic oxidation sites excluding steroid dienone is 1. The van der Waals surface area contributed by atoms with E-state index in [1.54, 1.807) is 11.8 Å². The van der Waals surface area contributed by atoms with Crippen molar-refractivity contribution in [1.82, 2.24) is 10.6 Å². The maximum Gasteiger partial charge on any atom is 0.230 e. The average molecular weight is 268 g/mol. The van der Waals surface area contributed by atoms with Crippen LogP contribution in [-0.2, 0) is 4.79 Å². The van der Waals surface area contributed by atoms with Gasteiger partial charge in [0, 0.05) is 6.54 Å². The van der Waals surface area contributed by atoms with Gasteiger partial charge in [0.2, 0.25) is 5.91 Å². The molecule has 2 rings (SSSR count). The highest BCUT2D eigenvalue weighted by molar-refractivity contribution is 7.99. The van der Waals surface area contributed by atoms with E-state index < -0.39 is 0 Å². The summed E-state index contributed by atoms with van der Waals surface area (Å²) in [7, 11) is 0. The van der Waals surface area contributed by atoms with Gasteiger partial charge >= 0.3 is 0 Å². The second kappa shape index (κ2) is 7.85. The first-order valence-electron chi connectivity index (χ1n) is 7.07. The zero-order valence-electron chi connectivity index (χ0n) is 11.0. The van der Waals surface area contributed by atoms with E-state index in [4.69, 9.17) is 0 Å². The number of carbonyl (C=O) groups excluding carboxylic acids is 1. The topological polar surface area (TPSA) is 41.1 Å². The van der Waals surface area contributed by atoms with Crippen molar-refractivity contribution in [2.24, 2.45) is 5.92 Å². The molecule has 102 valence electrons. The first-order valence-corrected chi connectivity index (χ1v) is 8.23. The summed E-state index contributed by atoms with van der Waals surface area (Å²) >= 11 is 1.76. The van der Waals surface area contributed by atoms with E-state index in [1.807, 2.05) is 0 Å². The van der Waals surface area contributed by atoms with Crippen LogP contribution < -0.4 is 10.6 Å². The molecule has 0 bridgehead atoms. The van der Waals surface area contributed by atoms with E-state index in [9.17, 15) is 4.79 Å². The molecule has 2 N–H and O–H groups in total. The molecule has 1 fully saturated rings. The van der Waals surface area contributed by atoms with Crippen LogP contribution in [0.5, 0.6) is 0 Å². The molecule has 0 aromatic rings. The van der Waals surface area contributed by atoms with Gasteiger partial charge in [-0.15, -0.1) is 0 Å². The predicted octanol–water partition coefficient (Wildman–Crippen LogP) is 1.95. The Bertz CT molecular complexity index is 300. The minimum absolute atomic E-state index is 0.198. The van der Waals surface area contributed by atoms with Gasteiger partial charge in [0.15, 0.2) is 0 Å². The third kappa shape index (κ3) is 5.02. The monoisotopic (exact) mass is 268 g/mol. The summed E-state index contributed by atoms with van der Waals surface area (Å²) < 4.78 is 0. The lowest BCUT2D eigenvalue weighted by Gasteiger charge is -2.26. The Morgan fingerprint density at radius 1 is 1.44 bits per heavy atom. The van der Waals surface area contributed by atoms with Crippen molar-refractivity contribution >= 4 is 17.7 Å². The fraction of sp³-hybridized carbons (Fsp3) is 0.786. The molecule has 1 amide bonds. The van der Waals surface area contributed by atoms with Gasteiger partial charge in [-0.1, -0.05) is 11.6 Å². The first-order chi connectivity index (χ1) is 8.84. The molecule has 0 spiro atoms. The Hall–Kier alpha value is -0.480. The van der Waals surface area contributed by atoms with E-state index >= 15 is 0 Å². The van der Waals surface area contributed by atoms with E-state index in [-0.39, 0.29) is 5.91 Å². The largest absolute Gasteiger partial charge is 0.355 e. The van der Waals surface area contributed by atoms with Crippen LogP contribution >= 0.6 is 11.8 Å². The Labute approximate surface area is 114 Å². The number of nitrogens with one attached hydrogen (secondary N) is 2. The molecule has 0 aromatic carbocycles. The van der Waals surface area contributed by atoms with Crippen LogP contribution in [0.1, 0.15) is 32.1 Å². The second-order valence-corrected chi connectivity index (χ2v) is 6.28. The molecule has 0 aromatic heterocycles. The van der Waals surface area contributed by atoms with Gasteiger partial charge < -0.3 is 10.6 Å². The highest BCUT2D eigenvalue weighted by Crippen LogP contribution is 2.19. The molecular formula is C14H24N2OS. The van der Waals surface area contributed by atoms with Gasteiger partial charge in [-0.3, -0.25) is 4.79 Å². The molecule has 1 aliphatic carbocycles. The van der Waals surface area contributed by atoms with Crippen LogP contribution in [0.25, 0.3) is 0 Å². The van der Waals surface area contributed by atoms with Crippen molar-refractivity contribution in [2.75, 3.05) is 31.1 Å². The van der Waals surface area contributed by atoms with Crippen molar-refractivity contribution < 1.29 is 4.79 Å². The molecule has 3 nitrogen and oxygen atoms in total. The van der Waals surface area contributed by atoms with Crippen molar-refractivity contribution in [2.45, 2.75) is 32.1 Å². The third-order valence-corrected chi connectivity index (χ3v) is 4.78. The minimum Gasteiger partial charge on any atom is -0.355 e. The van der Waals surface area contributed by atoms with Crippen LogP contribution in [0.4, 0.5) is 0 Å². The van der Waals surface area contributed by atoms with Gasteiger partial charge in [-0.05, 0) is 56.9 Å². The average Bonchev–Trinajstić information content (AvgIpc) is 2.34. The van der Waals surface area contributed by atoms with Gasteiger partial charge in [-0.25, -0.2) is 0 Å². The maximum absolute atomic E-state index is 11.6. The van der Waals surface area contributed by atoms with Gasteiger partial charge in [0.1, 0.15) is 0 Å². The van der Waals surface area contributed by atoms with Gasteiger partial charge in [-0.2, -0.15) is 11.8 Å². The van der Waals surface area contributed by atoms with Crippen LogP contribution in [0.3, 0.4) is 0 Å². The van der Waals surface area contributed by atoms with Crippen molar-refractivity contribution in [3.05, 3.63) is 11.6 Å². The Kier molecular flexibility index (Phi) is 6.08. The summed E-state index contributed by atoms with van der Waals surface area (Å²) in [5.74, 6) is 2.72. The summed E-state index contributed by atoms with van der Waals surface area (Å²) in [5, 5.41) is 6.27. The molecule has 0 atom stereocenters. The molecule has 0 radical (unpaired) electrons. The first kappa shape index (κ1) is 13.9. The lowest BCUT2D eigenvalue weighted by molar-refractivity contribution is -0.118. The number of hydrogen-bond donors (Lipinski definition) is 2. The number of hydrogen-bond acceptors (Lipinski definition) is 3. The summed E-state index contributed by atoms with van der Waals surface area (Å²) in [5.41, 5.74) is 1.54. The number of amides is 1. The zero-order chi connectivity index (χ0) is 12.6. The summed E-state index contributed by atoms with van der Waals surface area (Å²) in [6.07, 6.45) is 8.53. The fourth-order valence-electron chi connectivity index (χ4n) is 2.33. The van der Waals surface area contributed by atoms with E-state index in [2.05, 4.69) is 16.7 Å². The summed E-state index contributed by atoms with van der Waals surface area (Å²) in [4.78, 5) is 11.6. The normalized spacial score (nSPS) is 20.1. The Morgan fingerprint density at radius 3 is 3.00 bits per heavy atom. The third-order valence-electron chi connectivity index (χ3n) is 3.61. The SMILES string of the molecule is O=C(CSCC1CNC1)NCCC1=CCCCC1. The molecule has 1 heterocycles.